The van der Waals surface area contributed by atoms with Crippen LogP contribution in [-0.2, 0) is 10.0 Å². The number of aromatic amines is 1. The summed E-state index contributed by atoms with van der Waals surface area (Å²) in [6.45, 7) is 3.85. The molecule has 1 saturated heterocycles. The van der Waals surface area contributed by atoms with Crippen LogP contribution < -0.4 is 0 Å². The van der Waals surface area contributed by atoms with Gasteiger partial charge in [-0.3, -0.25) is 5.10 Å². The molecule has 2 aromatic rings. The third kappa shape index (κ3) is 3.49. The molecule has 25 heavy (non-hydrogen) atoms. The van der Waals surface area contributed by atoms with Gasteiger partial charge in [-0.1, -0.05) is 23.7 Å². The molecule has 0 atom stereocenters. The van der Waals surface area contributed by atoms with Crippen molar-refractivity contribution in [2.75, 3.05) is 13.1 Å². The van der Waals surface area contributed by atoms with Crippen LogP contribution in [0.15, 0.2) is 34.7 Å². The minimum Gasteiger partial charge on any atom is -0.281 e. The molecule has 1 N–H and O–H groups in total. The molecule has 1 aromatic carbocycles. The van der Waals surface area contributed by atoms with Gasteiger partial charge in [0.05, 0.1) is 11.4 Å². The van der Waals surface area contributed by atoms with Crippen LogP contribution in [0.4, 0.5) is 4.39 Å². The molecule has 134 valence electrons. The summed E-state index contributed by atoms with van der Waals surface area (Å²) in [4.78, 5) is 0.220. The Balaban J connectivity index is 1.80. The third-order valence-corrected chi connectivity index (χ3v) is 6.81. The van der Waals surface area contributed by atoms with E-state index in [-0.39, 0.29) is 23.8 Å². The first kappa shape index (κ1) is 18.1. The third-order valence-electron chi connectivity index (χ3n) is 4.39. The lowest BCUT2D eigenvalue weighted by molar-refractivity contribution is 0.384. The second-order valence-electron chi connectivity index (χ2n) is 6.09. The smallest absolute Gasteiger partial charge is 0.246 e. The standard InChI is InChI=1S/C17H19ClFN3O2S/c1-11-17(12(2)21-20-11)25(23,24)22-9-7-14(8-10-22)16(19)13-3-5-15(18)6-4-13/h3-6H,7-10H2,1-2H3,(H,20,21). The summed E-state index contributed by atoms with van der Waals surface area (Å²) in [6.07, 6.45) is 0.729. The van der Waals surface area contributed by atoms with E-state index in [1.165, 1.54) is 4.31 Å². The number of hydrogen-bond donors (Lipinski definition) is 1. The summed E-state index contributed by atoms with van der Waals surface area (Å²) in [5, 5.41) is 7.20. The second-order valence-corrected chi connectivity index (χ2v) is 8.40. The maximum atomic E-state index is 14.6. The number of rotatable bonds is 3. The van der Waals surface area contributed by atoms with Crippen LogP contribution in [0, 0.1) is 13.8 Å². The summed E-state index contributed by atoms with van der Waals surface area (Å²) in [5.41, 5.74) is 2.07. The molecule has 0 aliphatic carbocycles. The first-order valence-corrected chi connectivity index (χ1v) is 9.77. The van der Waals surface area contributed by atoms with Crippen LogP contribution in [0.5, 0.6) is 0 Å². The van der Waals surface area contributed by atoms with E-state index < -0.39 is 10.0 Å². The number of halogens is 2. The van der Waals surface area contributed by atoms with Crippen LogP contribution in [0.1, 0.15) is 29.8 Å². The van der Waals surface area contributed by atoms with Crippen molar-refractivity contribution in [1.82, 2.24) is 14.5 Å². The molecule has 0 radical (unpaired) electrons. The fraction of sp³-hybridized carbons (Fsp3) is 0.353. The number of aryl methyl sites for hydroxylation is 2. The van der Waals surface area contributed by atoms with Crippen LogP contribution in [0.25, 0.3) is 5.83 Å². The quantitative estimate of drug-likeness (QED) is 0.875. The topological polar surface area (TPSA) is 66.1 Å². The maximum Gasteiger partial charge on any atom is 0.246 e. The molecule has 5 nitrogen and oxygen atoms in total. The number of piperidine rings is 1. The van der Waals surface area contributed by atoms with E-state index in [4.69, 9.17) is 11.6 Å². The molecule has 2 heterocycles. The van der Waals surface area contributed by atoms with E-state index >= 15 is 0 Å². The zero-order chi connectivity index (χ0) is 18.2. The first-order chi connectivity index (χ1) is 11.8. The van der Waals surface area contributed by atoms with Gasteiger partial charge in [0, 0.05) is 23.7 Å². The summed E-state index contributed by atoms with van der Waals surface area (Å²) in [5.74, 6) is -0.288. The maximum absolute atomic E-state index is 14.6. The van der Waals surface area contributed by atoms with Gasteiger partial charge in [-0.2, -0.15) is 9.40 Å². The van der Waals surface area contributed by atoms with E-state index in [0.29, 0.717) is 40.4 Å². The summed E-state index contributed by atoms with van der Waals surface area (Å²) >= 11 is 5.83. The van der Waals surface area contributed by atoms with E-state index in [0.717, 1.165) is 0 Å². The van der Waals surface area contributed by atoms with Crippen molar-refractivity contribution in [3.05, 3.63) is 51.8 Å². The SMILES string of the molecule is Cc1n[nH]c(C)c1S(=O)(=O)N1CCC(=C(F)c2ccc(Cl)cc2)CC1. The minimum absolute atomic E-state index is 0.220. The van der Waals surface area contributed by atoms with E-state index in [1.807, 2.05) is 0 Å². The number of nitrogens with zero attached hydrogens (tertiary/aromatic N) is 2. The Morgan fingerprint density at radius 3 is 2.32 bits per heavy atom. The van der Waals surface area contributed by atoms with Gasteiger partial charge >= 0.3 is 0 Å². The fourth-order valence-corrected chi connectivity index (χ4v) is 4.97. The number of sulfonamides is 1. The largest absolute Gasteiger partial charge is 0.281 e. The highest BCUT2D eigenvalue weighted by Crippen LogP contribution is 2.31. The van der Waals surface area contributed by atoms with Gasteiger partial charge in [0.1, 0.15) is 10.7 Å². The average Bonchev–Trinajstić information content (AvgIpc) is 2.94. The lowest BCUT2D eigenvalue weighted by Gasteiger charge is -2.28. The van der Waals surface area contributed by atoms with Gasteiger partial charge in [0.25, 0.3) is 0 Å². The summed E-state index contributed by atoms with van der Waals surface area (Å²) in [7, 11) is -3.62. The fourth-order valence-electron chi connectivity index (χ4n) is 3.07. The van der Waals surface area contributed by atoms with Gasteiger partial charge in [-0.25, -0.2) is 12.8 Å². The van der Waals surface area contributed by atoms with Gasteiger partial charge in [-0.15, -0.1) is 0 Å². The highest BCUT2D eigenvalue weighted by Gasteiger charge is 2.32. The molecular formula is C17H19ClFN3O2S. The Hall–Kier alpha value is -1.70. The zero-order valence-corrected chi connectivity index (χ0v) is 15.6. The van der Waals surface area contributed by atoms with Crippen molar-refractivity contribution >= 4 is 27.5 Å². The Bertz CT molecular complexity index is 890. The molecule has 1 aromatic heterocycles. The summed E-state index contributed by atoms with van der Waals surface area (Å²) in [6, 6.07) is 6.54. The van der Waals surface area contributed by atoms with Crippen LogP contribution in [0.3, 0.4) is 0 Å². The molecule has 3 rings (SSSR count). The second kappa shape index (κ2) is 6.90. The van der Waals surface area contributed by atoms with E-state index in [9.17, 15) is 12.8 Å². The highest BCUT2D eigenvalue weighted by atomic mass is 35.5. The molecule has 0 unspecified atom stereocenters. The number of nitrogens with one attached hydrogen (secondary N) is 1. The minimum atomic E-state index is -3.62. The Kier molecular flexibility index (Phi) is 4.99. The Morgan fingerprint density at radius 2 is 1.80 bits per heavy atom. The number of H-pyrrole nitrogens is 1. The lowest BCUT2D eigenvalue weighted by Crippen LogP contribution is -2.37. The monoisotopic (exact) mass is 383 g/mol. The van der Waals surface area contributed by atoms with Crippen LogP contribution in [0.2, 0.25) is 5.02 Å². The zero-order valence-electron chi connectivity index (χ0n) is 14.0. The first-order valence-electron chi connectivity index (χ1n) is 7.96. The van der Waals surface area contributed by atoms with Crippen molar-refractivity contribution in [2.24, 2.45) is 0 Å². The van der Waals surface area contributed by atoms with Crippen molar-refractivity contribution in [1.29, 1.82) is 0 Å². The Labute approximate surface area is 151 Å². The van der Waals surface area contributed by atoms with Crippen molar-refractivity contribution in [3.63, 3.8) is 0 Å². The number of hydrogen-bond acceptors (Lipinski definition) is 3. The number of benzene rings is 1. The lowest BCUT2D eigenvalue weighted by atomic mass is 10.0. The molecule has 0 spiro atoms. The number of aromatic nitrogens is 2. The van der Waals surface area contributed by atoms with E-state index in [2.05, 4.69) is 10.2 Å². The van der Waals surface area contributed by atoms with E-state index in [1.54, 1.807) is 38.1 Å². The van der Waals surface area contributed by atoms with Gasteiger partial charge < -0.3 is 0 Å². The predicted molar refractivity (Wildman–Crippen MR) is 95.5 cm³/mol. The molecular weight excluding hydrogens is 365 g/mol. The molecule has 0 saturated carbocycles. The molecule has 8 heteroatoms. The molecule has 1 aliphatic rings. The molecule has 0 bridgehead atoms. The van der Waals surface area contributed by atoms with Crippen molar-refractivity contribution in [3.8, 4) is 0 Å². The molecule has 1 fully saturated rings. The van der Waals surface area contributed by atoms with Gasteiger partial charge in [0.2, 0.25) is 10.0 Å². The summed E-state index contributed by atoms with van der Waals surface area (Å²) < 4.78 is 41.7. The highest BCUT2D eigenvalue weighted by molar-refractivity contribution is 7.89. The van der Waals surface area contributed by atoms with Crippen LogP contribution >= 0.6 is 11.6 Å². The van der Waals surface area contributed by atoms with Gasteiger partial charge in [0.15, 0.2) is 0 Å². The molecule has 1 aliphatic heterocycles. The van der Waals surface area contributed by atoms with Crippen LogP contribution in [-0.4, -0.2) is 36.0 Å². The van der Waals surface area contributed by atoms with Crippen molar-refractivity contribution in [2.45, 2.75) is 31.6 Å². The Morgan fingerprint density at radius 1 is 1.20 bits per heavy atom. The average molecular weight is 384 g/mol. The predicted octanol–water partition coefficient (Wildman–Crippen LogP) is 3.85. The van der Waals surface area contributed by atoms with Gasteiger partial charge in [-0.05, 0) is 44.4 Å². The van der Waals surface area contributed by atoms with Crippen molar-refractivity contribution < 1.29 is 12.8 Å². The molecule has 0 amide bonds. The normalized spacial score (nSPS) is 16.2.